The summed E-state index contributed by atoms with van der Waals surface area (Å²) in [5, 5.41) is 7.34. The minimum absolute atomic E-state index is 0.227. The minimum Gasteiger partial charge on any atom is -0.379 e. The Morgan fingerprint density at radius 1 is 1.29 bits per heavy atom. The number of nitrogens with zero attached hydrogens (tertiary/aromatic N) is 1. The highest BCUT2D eigenvalue weighted by Crippen LogP contribution is 2.10. The van der Waals surface area contributed by atoms with Gasteiger partial charge in [0.25, 0.3) is 0 Å². The Labute approximate surface area is 132 Å². The third kappa shape index (κ3) is 5.99. The largest absolute Gasteiger partial charge is 0.379 e. The number of hydrogen-bond donors (Lipinski definition) is 2. The van der Waals surface area contributed by atoms with Crippen molar-refractivity contribution in [1.29, 1.82) is 0 Å². The van der Waals surface area contributed by atoms with E-state index < -0.39 is 0 Å². The molecule has 0 aliphatic carbocycles. The summed E-state index contributed by atoms with van der Waals surface area (Å²) in [5.41, 5.74) is 1.25. The van der Waals surface area contributed by atoms with E-state index in [-0.39, 0.29) is 6.04 Å². The normalized spacial score (nSPS) is 17.2. The number of ether oxygens (including phenoxy) is 1. The summed E-state index contributed by atoms with van der Waals surface area (Å²) in [6, 6.07) is 10.6. The number of benzene rings is 1. The lowest BCUT2D eigenvalue weighted by atomic mass is 10.1. The Bertz CT molecular complexity index is 421. The molecule has 1 aliphatic rings. The number of morpholine rings is 1. The molecule has 1 aromatic rings. The molecule has 116 valence electrons. The second-order valence-electron chi connectivity index (χ2n) is 5.34. The standard InChI is InChI=1S/C16H25N3OS/c1-14(15-6-3-2-4-7-15)18-16(21)17-8-5-9-19-10-12-20-13-11-19/h2-4,6-7,14H,5,8-13H2,1H3,(H2,17,18,21)/t14-/m0/s1. The number of rotatable bonds is 6. The van der Waals surface area contributed by atoms with E-state index in [1.807, 2.05) is 18.2 Å². The molecule has 1 heterocycles. The Morgan fingerprint density at radius 2 is 2.00 bits per heavy atom. The van der Waals surface area contributed by atoms with Crippen LogP contribution in [0.3, 0.4) is 0 Å². The maximum absolute atomic E-state index is 5.34. The lowest BCUT2D eigenvalue weighted by molar-refractivity contribution is 0.0376. The van der Waals surface area contributed by atoms with Gasteiger partial charge in [-0.2, -0.15) is 0 Å². The van der Waals surface area contributed by atoms with Crippen LogP contribution in [0.1, 0.15) is 24.9 Å². The second kappa shape index (κ2) is 8.97. The van der Waals surface area contributed by atoms with Gasteiger partial charge in [0.15, 0.2) is 5.11 Å². The van der Waals surface area contributed by atoms with E-state index in [4.69, 9.17) is 17.0 Å². The lowest BCUT2D eigenvalue weighted by Gasteiger charge is -2.26. The Morgan fingerprint density at radius 3 is 2.71 bits per heavy atom. The average molecular weight is 307 g/mol. The van der Waals surface area contributed by atoms with Gasteiger partial charge in [0.05, 0.1) is 19.3 Å². The van der Waals surface area contributed by atoms with Gasteiger partial charge in [0, 0.05) is 19.6 Å². The molecular formula is C16H25N3OS. The summed E-state index contributed by atoms with van der Waals surface area (Å²) < 4.78 is 5.34. The van der Waals surface area contributed by atoms with Crippen molar-refractivity contribution in [2.45, 2.75) is 19.4 Å². The van der Waals surface area contributed by atoms with Gasteiger partial charge < -0.3 is 15.4 Å². The van der Waals surface area contributed by atoms with Crippen LogP contribution >= 0.6 is 12.2 Å². The molecule has 1 aromatic carbocycles. The van der Waals surface area contributed by atoms with Crippen LogP contribution in [0.5, 0.6) is 0 Å². The fourth-order valence-electron chi connectivity index (χ4n) is 2.40. The third-order valence-corrected chi connectivity index (χ3v) is 3.95. The van der Waals surface area contributed by atoms with E-state index in [1.165, 1.54) is 5.56 Å². The summed E-state index contributed by atoms with van der Waals surface area (Å²) in [4.78, 5) is 2.44. The second-order valence-corrected chi connectivity index (χ2v) is 5.75. The molecule has 0 unspecified atom stereocenters. The first-order chi connectivity index (χ1) is 10.3. The Hall–Kier alpha value is -1.17. The molecule has 0 saturated carbocycles. The van der Waals surface area contributed by atoms with Gasteiger partial charge >= 0.3 is 0 Å². The zero-order chi connectivity index (χ0) is 14.9. The molecule has 0 aromatic heterocycles. The van der Waals surface area contributed by atoms with Crippen LogP contribution in [0.15, 0.2) is 30.3 Å². The highest BCUT2D eigenvalue weighted by Gasteiger charge is 2.09. The van der Waals surface area contributed by atoms with Crippen LogP contribution in [0, 0.1) is 0 Å². The molecule has 2 rings (SSSR count). The average Bonchev–Trinajstić information content (AvgIpc) is 2.53. The first-order valence-electron chi connectivity index (χ1n) is 7.65. The van der Waals surface area contributed by atoms with E-state index in [2.05, 4.69) is 34.6 Å². The summed E-state index contributed by atoms with van der Waals surface area (Å²) >= 11 is 5.34. The molecule has 4 nitrogen and oxygen atoms in total. The molecule has 1 fully saturated rings. The number of hydrogen-bond acceptors (Lipinski definition) is 3. The lowest BCUT2D eigenvalue weighted by Crippen LogP contribution is -2.40. The Kier molecular flexibility index (Phi) is 6.92. The molecule has 0 bridgehead atoms. The predicted molar refractivity (Wildman–Crippen MR) is 90.5 cm³/mol. The quantitative estimate of drug-likeness (QED) is 0.620. The van der Waals surface area contributed by atoms with Crippen molar-refractivity contribution < 1.29 is 4.74 Å². The molecule has 5 heteroatoms. The van der Waals surface area contributed by atoms with Crippen molar-refractivity contribution >= 4 is 17.3 Å². The van der Waals surface area contributed by atoms with Crippen LogP contribution in [0.2, 0.25) is 0 Å². The van der Waals surface area contributed by atoms with Crippen molar-refractivity contribution in [3.63, 3.8) is 0 Å². The predicted octanol–water partition coefficient (Wildman–Crippen LogP) is 1.93. The summed E-state index contributed by atoms with van der Waals surface area (Å²) in [6.07, 6.45) is 1.10. The topological polar surface area (TPSA) is 36.5 Å². The van der Waals surface area contributed by atoms with Gasteiger partial charge in [-0.3, -0.25) is 4.90 Å². The summed E-state index contributed by atoms with van der Waals surface area (Å²) in [7, 11) is 0. The minimum atomic E-state index is 0.227. The van der Waals surface area contributed by atoms with Gasteiger partial charge in [-0.1, -0.05) is 30.3 Å². The molecule has 1 atom stereocenters. The van der Waals surface area contributed by atoms with Crippen LogP contribution in [0.25, 0.3) is 0 Å². The smallest absolute Gasteiger partial charge is 0.166 e. The molecule has 1 aliphatic heterocycles. The Balaban J connectivity index is 1.59. The molecule has 1 saturated heterocycles. The van der Waals surface area contributed by atoms with Crippen molar-refractivity contribution in [2.24, 2.45) is 0 Å². The highest BCUT2D eigenvalue weighted by molar-refractivity contribution is 7.80. The van der Waals surface area contributed by atoms with E-state index in [0.29, 0.717) is 0 Å². The molecule has 2 N–H and O–H groups in total. The highest BCUT2D eigenvalue weighted by atomic mass is 32.1. The first-order valence-corrected chi connectivity index (χ1v) is 8.06. The van der Waals surface area contributed by atoms with E-state index in [0.717, 1.165) is 50.9 Å². The van der Waals surface area contributed by atoms with E-state index >= 15 is 0 Å². The molecule has 0 spiro atoms. The first kappa shape index (κ1) is 16.2. The SMILES string of the molecule is C[C@H](NC(=S)NCCCN1CCOCC1)c1ccccc1. The van der Waals surface area contributed by atoms with Gasteiger partial charge in [0.1, 0.15) is 0 Å². The summed E-state index contributed by atoms with van der Waals surface area (Å²) in [5.74, 6) is 0. The van der Waals surface area contributed by atoms with Crippen molar-refractivity contribution in [1.82, 2.24) is 15.5 Å². The van der Waals surface area contributed by atoms with Crippen LogP contribution in [0.4, 0.5) is 0 Å². The van der Waals surface area contributed by atoms with Gasteiger partial charge in [-0.05, 0) is 37.7 Å². The van der Waals surface area contributed by atoms with Gasteiger partial charge in [-0.25, -0.2) is 0 Å². The molecule has 21 heavy (non-hydrogen) atoms. The van der Waals surface area contributed by atoms with Gasteiger partial charge in [-0.15, -0.1) is 0 Å². The fourth-order valence-corrected chi connectivity index (χ4v) is 2.68. The van der Waals surface area contributed by atoms with E-state index in [1.54, 1.807) is 0 Å². The van der Waals surface area contributed by atoms with E-state index in [9.17, 15) is 0 Å². The van der Waals surface area contributed by atoms with Crippen LogP contribution in [-0.2, 0) is 4.74 Å². The number of nitrogens with one attached hydrogen (secondary N) is 2. The maximum Gasteiger partial charge on any atom is 0.166 e. The zero-order valence-corrected chi connectivity index (χ0v) is 13.5. The maximum atomic E-state index is 5.34. The zero-order valence-electron chi connectivity index (χ0n) is 12.7. The number of thiocarbonyl (C=S) groups is 1. The molecule has 0 radical (unpaired) electrons. The van der Waals surface area contributed by atoms with Gasteiger partial charge in [0.2, 0.25) is 0 Å². The van der Waals surface area contributed by atoms with Crippen molar-refractivity contribution in [2.75, 3.05) is 39.4 Å². The fraction of sp³-hybridized carbons (Fsp3) is 0.562. The molecular weight excluding hydrogens is 282 g/mol. The third-order valence-electron chi connectivity index (χ3n) is 3.69. The summed E-state index contributed by atoms with van der Waals surface area (Å²) in [6.45, 7) is 7.96. The van der Waals surface area contributed by atoms with Crippen LogP contribution in [-0.4, -0.2) is 49.4 Å². The van der Waals surface area contributed by atoms with Crippen molar-refractivity contribution in [3.05, 3.63) is 35.9 Å². The van der Waals surface area contributed by atoms with Crippen LogP contribution < -0.4 is 10.6 Å². The van der Waals surface area contributed by atoms with Crippen molar-refractivity contribution in [3.8, 4) is 0 Å². The monoisotopic (exact) mass is 307 g/mol. The molecule has 0 amide bonds.